The van der Waals surface area contributed by atoms with Gasteiger partial charge >= 0.3 is 5.97 Å². The fourth-order valence-corrected chi connectivity index (χ4v) is 1.99. The van der Waals surface area contributed by atoms with E-state index in [1.165, 1.54) is 0 Å². The number of benzene rings is 1. The van der Waals surface area contributed by atoms with E-state index in [1.54, 1.807) is 26.0 Å². The van der Waals surface area contributed by atoms with Gasteiger partial charge in [0.05, 0.1) is 10.6 Å². The lowest BCUT2D eigenvalue weighted by molar-refractivity contribution is -0.140. The summed E-state index contributed by atoms with van der Waals surface area (Å²) in [7, 11) is 0. The summed E-state index contributed by atoms with van der Waals surface area (Å²) in [5.74, 6) is -1.72. The molecule has 1 unspecified atom stereocenters. The fraction of sp³-hybridized carbons (Fsp3) is 0.429. The molecule has 0 aliphatic carbocycles. The average Bonchev–Trinajstić information content (AvgIpc) is 2.29. The number of aryl methyl sites for hydroxylation is 2. The third-order valence-corrected chi connectivity index (χ3v) is 3.36. The molecule has 2 N–H and O–H groups in total. The van der Waals surface area contributed by atoms with Crippen LogP contribution in [0, 0.1) is 19.8 Å². The summed E-state index contributed by atoms with van der Waals surface area (Å²) in [6.45, 7) is 7.25. The molecular weight excluding hydrogens is 266 g/mol. The van der Waals surface area contributed by atoms with Crippen LogP contribution in [0.4, 0.5) is 0 Å². The number of halogens is 1. The van der Waals surface area contributed by atoms with Gasteiger partial charge in [-0.25, -0.2) is 4.79 Å². The fourth-order valence-electron chi connectivity index (χ4n) is 1.69. The first-order valence-electron chi connectivity index (χ1n) is 6.04. The summed E-state index contributed by atoms with van der Waals surface area (Å²) >= 11 is 6.03. The maximum absolute atomic E-state index is 12.1. The number of hydrogen-bond acceptors (Lipinski definition) is 2. The zero-order valence-corrected chi connectivity index (χ0v) is 12.2. The van der Waals surface area contributed by atoms with Crippen molar-refractivity contribution in [3.63, 3.8) is 0 Å². The Morgan fingerprint density at radius 3 is 2.21 bits per heavy atom. The van der Waals surface area contributed by atoms with E-state index in [4.69, 9.17) is 16.7 Å². The molecule has 0 radical (unpaired) electrons. The highest BCUT2D eigenvalue weighted by molar-refractivity contribution is 6.34. The molecule has 0 heterocycles. The van der Waals surface area contributed by atoms with Crippen molar-refractivity contribution in [1.82, 2.24) is 5.32 Å². The van der Waals surface area contributed by atoms with E-state index < -0.39 is 17.9 Å². The second-order valence-corrected chi connectivity index (χ2v) is 5.36. The summed E-state index contributed by atoms with van der Waals surface area (Å²) in [5.41, 5.74) is 2.22. The van der Waals surface area contributed by atoms with Gasteiger partial charge < -0.3 is 10.4 Å². The minimum absolute atomic E-state index is 0.202. The van der Waals surface area contributed by atoms with Crippen molar-refractivity contribution in [1.29, 1.82) is 0 Å². The van der Waals surface area contributed by atoms with Crippen molar-refractivity contribution in [2.24, 2.45) is 5.92 Å². The number of amides is 1. The predicted octanol–water partition coefficient (Wildman–Crippen LogP) is 2.80. The number of carboxylic acid groups (broad SMARTS) is 1. The number of carbonyl (C=O) groups is 2. The zero-order valence-electron chi connectivity index (χ0n) is 11.5. The van der Waals surface area contributed by atoms with Gasteiger partial charge in [-0.05, 0) is 43.0 Å². The molecule has 0 aliphatic heterocycles. The minimum atomic E-state index is -1.05. The highest BCUT2D eigenvalue weighted by Gasteiger charge is 2.24. The van der Waals surface area contributed by atoms with Crippen LogP contribution in [0.5, 0.6) is 0 Å². The van der Waals surface area contributed by atoms with E-state index in [2.05, 4.69) is 5.32 Å². The lowest BCUT2D eigenvalue weighted by Crippen LogP contribution is -2.44. The lowest BCUT2D eigenvalue weighted by Gasteiger charge is -2.18. The predicted molar refractivity (Wildman–Crippen MR) is 74.7 cm³/mol. The molecule has 1 amide bonds. The third-order valence-electron chi connectivity index (χ3n) is 3.05. The first-order chi connectivity index (χ1) is 8.73. The van der Waals surface area contributed by atoms with Gasteiger partial charge in [-0.3, -0.25) is 4.79 Å². The van der Waals surface area contributed by atoms with Crippen LogP contribution in [0.2, 0.25) is 5.02 Å². The van der Waals surface area contributed by atoms with Crippen molar-refractivity contribution in [3.8, 4) is 0 Å². The molecule has 104 valence electrons. The average molecular weight is 284 g/mol. The molecule has 5 heteroatoms. The molecule has 0 aromatic heterocycles. The van der Waals surface area contributed by atoms with E-state index in [1.807, 2.05) is 13.8 Å². The smallest absolute Gasteiger partial charge is 0.326 e. The molecule has 4 nitrogen and oxygen atoms in total. The van der Waals surface area contributed by atoms with Gasteiger partial charge in [0.15, 0.2) is 0 Å². The minimum Gasteiger partial charge on any atom is -0.480 e. The van der Waals surface area contributed by atoms with Crippen molar-refractivity contribution < 1.29 is 14.7 Å². The Balaban J connectivity index is 3.01. The largest absolute Gasteiger partial charge is 0.480 e. The first kappa shape index (κ1) is 15.5. The van der Waals surface area contributed by atoms with Gasteiger partial charge in [-0.15, -0.1) is 0 Å². The van der Waals surface area contributed by atoms with Crippen molar-refractivity contribution in [3.05, 3.63) is 33.8 Å². The second kappa shape index (κ2) is 6.06. The van der Waals surface area contributed by atoms with Crippen LogP contribution in [0.3, 0.4) is 0 Å². The Bertz CT molecular complexity index is 512. The van der Waals surface area contributed by atoms with Crippen LogP contribution >= 0.6 is 11.6 Å². The topological polar surface area (TPSA) is 66.4 Å². The molecule has 1 aromatic rings. The maximum Gasteiger partial charge on any atom is 0.326 e. The standard InChI is InChI=1S/C14H18ClNO3/c1-7(2)12(14(18)19)16-13(17)10-5-8(3)9(4)6-11(10)15/h5-7,12H,1-4H3,(H,16,17)(H,18,19). The number of carboxylic acids is 1. The molecule has 1 rings (SSSR count). The van der Waals surface area contributed by atoms with Crippen molar-refractivity contribution in [2.75, 3.05) is 0 Å². The monoisotopic (exact) mass is 283 g/mol. The molecule has 19 heavy (non-hydrogen) atoms. The number of aliphatic carboxylic acids is 1. The molecule has 1 atom stereocenters. The van der Waals surface area contributed by atoms with E-state index >= 15 is 0 Å². The summed E-state index contributed by atoms with van der Waals surface area (Å²) in [6.07, 6.45) is 0. The summed E-state index contributed by atoms with van der Waals surface area (Å²) in [4.78, 5) is 23.2. The molecular formula is C14H18ClNO3. The number of carbonyl (C=O) groups excluding carboxylic acids is 1. The quantitative estimate of drug-likeness (QED) is 0.893. The van der Waals surface area contributed by atoms with Gasteiger partial charge in [0.2, 0.25) is 0 Å². The van der Waals surface area contributed by atoms with Gasteiger partial charge in [-0.1, -0.05) is 25.4 Å². The van der Waals surface area contributed by atoms with Crippen LogP contribution in [-0.4, -0.2) is 23.0 Å². The van der Waals surface area contributed by atoms with Crippen LogP contribution in [-0.2, 0) is 4.79 Å². The molecule has 0 bridgehead atoms. The van der Waals surface area contributed by atoms with Gasteiger partial charge in [-0.2, -0.15) is 0 Å². The number of rotatable bonds is 4. The third kappa shape index (κ3) is 3.70. The van der Waals surface area contributed by atoms with E-state index in [0.29, 0.717) is 10.6 Å². The molecule has 0 saturated carbocycles. The Morgan fingerprint density at radius 1 is 1.21 bits per heavy atom. The van der Waals surface area contributed by atoms with Crippen LogP contribution in [0.15, 0.2) is 12.1 Å². The first-order valence-corrected chi connectivity index (χ1v) is 6.42. The maximum atomic E-state index is 12.1. The van der Waals surface area contributed by atoms with Gasteiger partial charge in [0.1, 0.15) is 6.04 Å². The van der Waals surface area contributed by atoms with Crippen LogP contribution in [0.1, 0.15) is 35.3 Å². The number of nitrogens with one attached hydrogen (secondary N) is 1. The SMILES string of the molecule is Cc1cc(Cl)c(C(=O)NC(C(=O)O)C(C)C)cc1C. The van der Waals surface area contributed by atoms with E-state index in [-0.39, 0.29) is 5.92 Å². The van der Waals surface area contributed by atoms with Gasteiger partial charge in [0, 0.05) is 0 Å². The number of hydrogen-bond donors (Lipinski definition) is 2. The van der Waals surface area contributed by atoms with Crippen molar-refractivity contribution in [2.45, 2.75) is 33.7 Å². The molecule has 0 aliphatic rings. The highest BCUT2D eigenvalue weighted by Crippen LogP contribution is 2.21. The van der Waals surface area contributed by atoms with E-state index in [0.717, 1.165) is 11.1 Å². The van der Waals surface area contributed by atoms with Crippen LogP contribution in [0.25, 0.3) is 0 Å². The molecule has 0 saturated heterocycles. The Morgan fingerprint density at radius 2 is 1.74 bits per heavy atom. The van der Waals surface area contributed by atoms with Crippen molar-refractivity contribution >= 4 is 23.5 Å². The Kier molecular flexibility index (Phi) is 4.95. The summed E-state index contributed by atoms with van der Waals surface area (Å²) in [6, 6.07) is 2.45. The Hall–Kier alpha value is -1.55. The summed E-state index contributed by atoms with van der Waals surface area (Å²) in [5, 5.41) is 11.9. The summed E-state index contributed by atoms with van der Waals surface area (Å²) < 4.78 is 0. The second-order valence-electron chi connectivity index (χ2n) is 4.95. The highest BCUT2D eigenvalue weighted by atomic mass is 35.5. The Labute approximate surface area is 117 Å². The normalized spacial score (nSPS) is 12.3. The zero-order chi connectivity index (χ0) is 14.7. The molecule has 1 aromatic carbocycles. The van der Waals surface area contributed by atoms with E-state index in [9.17, 15) is 9.59 Å². The lowest BCUT2D eigenvalue weighted by atomic mass is 10.0. The van der Waals surface area contributed by atoms with Gasteiger partial charge in [0.25, 0.3) is 5.91 Å². The molecule has 0 spiro atoms. The molecule has 0 fully saturated rings. The van der Waals surface area contributed by atoms with Crippen LogP contribution < -0.4 is 5.32 Å².